The van der Waals surface area contributed by atoms with Crippen molar-refractivity contribution in [3.63, 3.8) is 0 Å². The molecule has 1 N–H and O–H groups in total. The molecule has 3 rings (SSSR count). The topological polar surface area (TPSA) is 104 Å². The molecule has 0 aromatic heterocycles. The molecule has 0 saturated heterocycles. The highest BCUT2D eigenvalue weighted by Gasteiger charge is 2.57. The number of rotatable bonds is 1. The summed E-state index contributed by atoms with van der Waals surface area (Å²) < 4.78 is 18.8. The molecule has 0 amide bonds. The lowest BCUT2D eigenvalue weighted by molar-refractivity contribution is 0.0950. The van der Waals surface area contributed by atoms with Crippen LogP contribution in [0.25, 0.3) is 0 Å². The Labute approximate surface area is 138 Å². The molecule has 1 aliphatic carbocycles. The molecule has 0 radical (unpaired) electrons. The Morgan fingerprint density at radius 2 is 1.83 bits per heavy atom. The zero-order valence-electron chi connectivity index (χ0n) is 12.7. The van der Waals surface area contributed by atoms with E-state index in [2.05, 4.69) is 0 Å². The first-order valence-corrected chi connectivity index (χ1v) is 7.43. The van der Waals surface area contributed by atoms with Crippen LogP contribution in [-0.2, 0) is 4.74 Å². The Balaban J connectivity index is 2.24. The van der Waals surface area contributed by atoms with Gasteiger partial charge in [-0.15, -0.1) is 0 Å². The molecule has 1 heterocycles. The van der Waals surface area contributed by atoms with Crippen LogP contribution < -0.4 is 0 Å². The van der Waals surface area contributed by atoms with Crippen LogP contribution in [0.15, 0.2) is 35.9 Å². The highest BCUT2D eigenvalue weighted by atomic mass is 19.1. The predicted octanol–water partition coefficient (Wildman–Crippen LogP) is 2.69. The van der Waals surface area contributed by atoms with Gasteiger partial charge in [0.2, 0.25) is 0 Å². The van der Waals surface area contributed by atoms with Gasteiger partial charge in [-0.1, -0.05) is 18.2 Å². The van der Waals surface area contributed by atoms with E-state index in [1.807, 2.05) is 18.2 Å². The molecule has 118 valence electrons. The van der Waals surface area contributed by atoms with Crippen LogP contribution in [0.4, 0.5) is 4.39 Å². The second-order valence-electron chi connectivity index (χ2n) is 5.88. The van der Waals surface area contributed by atoms with Crippen LogP contribution >= 0.6 is 0 Å². The third kappa shape index (κ3) is 2.11. The minimum atomic E-state index is -1.78. The molecule has 0 spiro atoms. The van der Waals surface area contributed by atoms with E-state index in [1.165, 1.54) is 24.3 Å². The summed E-state index contributed by atoms with van der Waals surface area (Å²) in [5.74, 6) is -2.39. The molecule has 0 unspecified atom stereocenters. The summed E-state index contributed by atoms with van der Waals surface area (Å²) >= 11 is 0. The maximum atomic E-state index is 13.3. The largest absolute Gasteiger partial charge is 0.377 e. The number of nitrogens with one attached hydrogen (secondary N) is 1. The average molecular weight is 320 g/mol. The predicted molar refractivity (Wildman–Crippen MR) is 82.0 cm³/mol. The second-order valence-corrected chi connectivity index (χ2v) is 5.88. The van der Waals surface area contributed by atoms with Gasteiger partial charge in [-0.25, -0.2) is 4.39 Å². The Morgan fingerprint density at radius 1 is 1.17 bits per heavy atom. The number of nitriles is 3. The first kappa shape index (κ1) is 15.9. The molecule has 5 nitrogen and oxygen atoms in total. The second kappa shape index (κ2) is 5.89. The lowest BCUT2D eigenvalue weighted by atomic mass is 9.55. The molecule has 1 aliphatic heterocycles. The van der Waals surface area contributed by atoms with Gasteiger partial charge in [-0.05, 0) is 23.3 Å². The molecule has 1 fully saturated rings. The van der Waals surface area contributed by atoms with Crippen LogP contribution in [0.1, 0.15) is 11.5 Å². The molecule has 1 aromatic rings. The smallest absolute Gasteiger partial charge is 0.189 e. The van der Waals surface area contributed by atoms with E-state index in [0.717, 1.165) is 0 Å². The van der Waals surface area contributed by atoms with E-state index in [-0.39, 0.29) is 18.2 Å². The molecular formula is C18H13FN4O. The number of hydrogen-bond donors (Lipinski definition) is 1. The van der Waals surface area contributed by atoms with Gasteiger partial charge in [0, 0.05) is 11.8 Å². The van der Waals surface area contributed by atoms with Crippen molar-refractivity contribution in [1.29, 1.82) is 21.2 Å². The summed E-state index contributed by atoms with van der Waals surface area (Å²) in [4.78, 5) is 0. The quantitative estimate of drug-likeness (QED) is 0.803. The fourth-order valence-corrected chi connectivity index (χ4v) is 3.66. The third-order valence-electron chi connectivity index (χ3n) is 4.79. The number of ether oxygens (including phenoxy) is 1. The van der Waals surface area contributed by atoms with Gasteiger partial charge in [0.1, 0.15) is 11.7 Å². The number of hydrogen-bond acceptors (Lipinski definition) is 5. The van der Waals surface area contributed by atoms with Crippen molar-refractivity contribution in [3.8, 4) is 18.2 Å². The number of nitrogens with zero attached hydrogens (tertiary/aromatic N) is 3. The zero-order chi connectivity index (χ0) is 17.3. The Kier molecular flexibility index (Phi) is 3.89. The van der Waals surface area contributed by atoms with Crippen molar-refractivity contribution < 1.29 is 9.13 Å². The van der Waals surface area contributed by atoms with Gasteiger partial charge in [0.05, 0.1) is 37.1 Å². The van der Waals surface area contributed by atoms with Crippen LogP contribution in [0, 0.1) is 62.5 Å². The lowest BCUT2D eigenvalue weighted by Gasteiger charge is -2.45. The maximum Gasteiger partial charge on any atom is 0.189 e. The summed E-state index contributed by atoms with van der Waals surface area (Å²) in [7, 11) is 0. The molecule has 2 aliphatic rings. The van der Waals surface area contributed by atoms with Crippen LogP contribution in [0.2, 0.25) is 0 Å². The number of fused-ring (bicyclic) bond motifs is 1. The lowest BCUT2D eigenvalue weighted by Crippen LogP contribution is -2.50. The van der Waals surface area contributed by atoms with Gasteiger partial charge < -0.3 is 10.1 Å². The van der Waals surface area contributed by atoms with E-state index < -0.39 is 23.1 Å². The van der Waals surface area contributed by atoms with Gasteiger partial charge in [-0.2, -0.15) is 15.8 Å². The van der Waals surface area contributed by atoms with Crippen LogP contribution in [0.3, 0.4) is 0 Å². The number of benzene rings is 1. The fourth-order valence-electron chi connectivity index (χ4n) is 3.66. The van der Waals surface area contributed by atoms with Crippen molar-refractivity contribution >= 4 is 5.71 Å². The molecule has 1 saturated carbocycles. The molecule has 1 aromatic carbocycles. The van der Waals surface area contributed by atoms with E-state index in [1.54, 1.807) is 6.08 Å². The van der Waals surface area contributed by atoms with Gasteiger partial charge in [0.25, 0.3) is 0 Å². The van der Waals surface area contributed by atoms with Crippen molar-refractivity contribution in [1.82, 2.24) is 0 Å². The summed E-state index contributed by atoms with van der Waals surface area (Å²) in [6, 6.07) is 11.6. The zero-order valence-corrected chi connectivity index (χ0v) is 12.7. The Hall–Kier alpha value is -3.01. The fraction of sp³-hybridized carbons (Fsp3) is 0.333. The molecule has 0 bridgehead atoms. The number of halogens is 1. The van der Waals surface area contributed by atoms with Crippen molar-refractivity contribution in [3.05, 3.63) is 47.3 Å². The highest BCUT2D eigenvalue weighted by Crippen LogP contribution is 2.53. The summed E-state index contributed by atoms with van der Waals surface area (Å²) in [5, 5.41) is 37.3. The first-order chi connectivity index (χ1) is 11.6. The highest BCUT2D eigenvalue weighted by molar-refractivity contribution is 6.00. The van der Waals surface area contributed by atoms with E-state index in [0.29, 0.717) is 17.7 Å². The summed E-state index contributed by atoms with van der Waals surface area (Å²) in [6.45, 7) is 0.587. The van der Waals surface area contributed by atoms with Gasteiger partial charge in [0.15, 0.2) is 5.41 Å². The first-order valence-electron chi connectivity index (χ1n) is 7.43. The van der Waals surface area contributed by atoms with E-state index in [9.17, 15) is 20.2 Å². The minimum Gasteiger partial charge on any atom is -0.377 e. The SMILES string of the molecule is N#C[C@H]1C(=N)C(C#N)(C#N)[C@@H](c2ccc(F)cc2)[C@@H]2COCC=C12. The Morgan fingerprint density at radius 3 is 2.42 bits per heavy atom. The van der Waals surface area contributed by atoms with Crippen molar-refractivity contribution in [2.75, 3.05) is 13.2 Å². The molecular weight excluding hydrogens is 307 g/mol. The Bertz CT molecular complexity index is 824. The summed E-state index contributed by atoms with van der Waals surface area (Å²) in [6.07, 6.45) is 1.76. The normalized spacial score (nSPS) is 27.8. The van der Waals surface area contributed by atoms with E-state index in [4.69, 9.17) is 10.1 Å². The molecule has 3 atom stereocenters. The van der Waals surface area contributed by atoms with Crippen LogP contribution in [-0.4, -0.2) is 18.9 Å². The molecule has 6 heteroatoms. The monoisotopic (exact) mass is 320 g/mol. The van der Waals surface area contributed by atoms with Gasteiger partial charge >= 0.3 is 0 Å². The van der Waals surface area contributed by atoms with Crippen molar-refractivity contribution in [2.45, 2.75) is 5.92 Å². The third-order valence-corrected chi connectivity index (χ3v) is 4.79. The minimum absolute atomic E-state index is 0.214. The van der Waals surface area contributed by atoms with Crippen LogP contribution in [0.5, 0.6) is 0 Å². The van der Waals surface area contributed by atoms with E-state index >= 15 is 0 Å². The summed E-state index contributed by atoms with van der Waals surface area (Å²) in [5.41, 5.74) is -0.694. The maximum absolute atomic E-state index is 13.3. The van der Waals surface area contributed by atoms with Crippen molar-refractivity contribution in [2.24, 2.45) is 17.3 Å². The average Bonchev–Trinajstić information content (AvgIpc) is 2.62. The van der Waals surface area contributed by atoms with Gasteiger partial charge in [-0.3, -0.25) is 0 Å². The standard InChI is InChI=1S/C18H13FN4O/c19-12-3-1-11(2-4-12)16-15-8-24-6-5-13(15)14(7-20)17(23)18(16,9-21)10-22/h1-5,14-16,23H,6,8H2/t14-,15-,16+/m1/s1. The molecule has 24 heavy (non-hydrogen) atoms.